The lowest BCUT2D eigenvalue weighted by Crippen LogP contribution is -2.50. The van der Waals surface area contributed by atoms with Crippen LogP contribution < -0.4 is 4.74 Å². The van der Waals surface area contributed by atoms with E-state index >= 15 is 0 Å². The van der Waals surface area contributed by atoms with E-state index in [1.54, 1.807) is 0 Å². The monoisotopic (exact) mass is 390 g/mol. The molecule has 1 atom stereocenters. The topological polar surface area (TPSA) is 53.0 Å². The van der Waals surface area contributed by atoms with E-state index in [9.17, 15) is 9.90 Å². The second kappa shape index (κ2) is 9.07. The van der Waals surface area contributed by atoms with Gasteiger partial charge in [0.25, 0.3) is 5.91 Å². The van der Waals surface area contributed by atoms with E-state index in [1.165, 1.54) is 5.39 Å². The Morgan fingerprint density at radius 3 is 2.34 bits per heavy atom. The summed E-state index contributed by atoms with van der Waals surface area (Å²) in [5.74, 6) is 0.839. The van der Waals surface area contributed by atoms with Crippen molar-refractivity contribution < 1.29 is 14.6 Å². The SMILES string of the molecule is O=C(c1ccccc1)N1CCN(C[C@@H](O)COc2ccc3ccccc3c2)CC1. The van der Waals surface area contributed by atoms with Gasteiger partial charge >= 0.3 is 0 Å². The van der Waals surface area contributed by atoms with Gasteiger partial charge in [0.05, 0.1) is 0 Å². The van der Waals surface area contributed by atoms with E-state index < -0.39 is 6.10 Å². The summed E-state index contributed by atoms with van der Waals surface area (Å²) in [4.78, 5) is 16.6. The van der Waals surface area contributed by atoms with Crippen LogP contribution in [0.3, 0.4) is 0 Å². The smallest absolute Gasteiger partial charge is 0.253 e. The van der Waals surface area contributed by atoms with Gasteiger partial charge in [-0.15, -0.1) is 0 Å². The maximum atomic E-state index is 12.5. The minimum Gasteiger partial charge on any atom is -0.491 e. The van der Waals surface area contributed by atoms with E-state index in [0.717, 1.165) is 29.8 Å². The molecule has 0 unspecified atom stereocenters. The third-order valence-corrected chi connectivity index (χ3v) is 5.31. The number of hydrogen-bond acceptors (Lipinski definition) is 4. The molecule has 150 valence electrons. The number of fused-ring (bicyclic) bond motifs is 1. The number of carbonyl (C=O) groups is 1. The van der Waals surface area contributed by atoms with Crippen LogP contribution in [-0.2, 0) is 0 Å². The van der Waals surface area contributed by atoms with Crippen LogP contribution in [-0.4, -0.2) is 66.2 Å². The Balaban J connectivity index is 1.23. The van der Waals surface area contributed by atoms with Gasteiger partial charge in [-0.05, 0) is 35.0 Å². The molecule has 0 aromatic heterocycles. The van der Waals surface area contributed by atoms with Gasteiger partial charge in [-0.1, -0.05) is 48.5 Å². The molecule has 0 spiro atoms. The number of β-amino-alcohol motifs (C(OH)–C–C–N with tert-alkyl or cyclic N) is 1. The Morgan fingerprint density at radius 1 is 0.897 bits per heavy atom. The van der Waals surface area contributed by atoms with Crippen LogP contribution >= 0.6 is 0 Å². The largest absolute Gasteiger partial charge is 0.491 e. The quantitative estimate of drug-likeness (QED) is 0.703. The lowest BCUT2D eigenvalue weighted by Gasteiger charge is -2.35. The number of nitrogens with zero attached hydrogens (tertiary/aromatic N) is 2. The molecule has 3 aromatic carbocycles. The first-order valence-electron chi connectivity index (χ1n) is 10.1. The Hall–Kier alpha value is -2.89. The molecule has 3 aromatic rings. The number of hydrogen-bond donors (Lipinski definition) is 1. The number of aliphatic hydroxyl groups excluding tert-OH is 1. The fourth-order valence-electron chi connectivity index (χ4n) is 3.70. The summed E-state index contributed by atoms with van der Waals surface area (Å²) in [5.41, 5.74) is 0.727. The normalized spacial score (nSPS) is 16.0. The highest BCUT2D eigenvalue weighted by Crippen LogP contribution is 2.20. The van der Waals surface area contributed by atoms with Crippen molar-refractivity contribution in [3.63, 3.8) is 0 Å². The fraction of sp³-hybridized carbons (Fsp3) is 0.292. The van der Waals surface area contributed by atoms with Crippen LogP contribution in [0, 0.1) is 0 Å². The van der Waals surface area contributed by atoms with Crippen LogP contribution in [0.25, 0.3) is 10.8 Å². The highest BCUT2D eigenvalue weighted by Gasteiger charge is 2.23. The standard InChI is InChI=1S/C24H26N2O3/c27-22(18-29-23-11-10-19-6-4-5-9-21(19)16-23)17-25-12-14-26(15-13-25)24(28)20-7-2-1-3-8-20/h1-11,16,22,27H,12-15,17-18H2/t22-/m1/s1. The van der Waals surface area contributed by atoms with Gasteiger partial charge in [0.2, 0.25) is 0 Å². The van der Waals surface area contributed by atoms with Gasteiger partial charge in [-0.2, -0.15) is 0 Å². The molecule has 1 N–H and O–H groups in total. The molecule has 1 heterocycles. The zero-order valence-electron chi connectivity index (χ0n) is 16.4. The minimum atomic E-state index is -0.571. The highest BCUT2D eigenvalue weighted by molar-refractivity contribution is 5.94. The third kappa shape index (κ3) is 4.94. The average Bonchev–Trinajstić information content (AvgIpc) is 2.78. The van der Waals surface area contributed by atoms with Crippen LogP contribution in [0.15, 0.2) is 72.8 Å². The summed E-state index contributed by atoms with van der Waals surface area (Å²) in [6.07, 6.45) is -0.571. The molecule has 0 radical (unpaired) electrons. The second-order valence-electron chi connectivity index (χ2n) is 7.43. The maximum absolute atomic E-state index is 12.5. The van der Waals surface area contributed by atoms with Crippen molar-refractivity contribution in [1.82, 2.24) is 9.80 Å². The molecular weight excluding hydrogens is 364 g/mol. The summed E-state index contributed by atoms with van der Waals surface area (Å²) in [6.45, 7) is 3.65. The third-order valence-electron chi connectivity index (χ3n) is 5.31. The zero-order chi connectivity index (χ0) is 20.1. The molecule has 0 aliphatic carbocycles. The van der Waals surface area contributed by atoms with E-state index in [1.807, 2.05) is 65.6 Å². The highest BCUT2D eigenvalue weighted by atomic mass is 16.5. The first-order valence-corrected chi connectivity index (χ1v) is 10.1. The molecule has 0 bridgehead atoms. The molecule has 29 heavy (non-hydrogen) atoms. The molecule has 1 saturated heterocycles. The number of aliphatic hydroxyl groups is 1. The number of amides is 1. The molecule has 1 amide bonds. The molecule has 1 aliphatic heterocycles. The number of rotatable bonds is 6. The van der Waals surface area contributed by atoms with E-state index in [4.69, 9.17) is 4.74 Å². The van der Waals surface area contributed by atoms with E-state index in [2.05, 4.69) is 17.0 Å². The first kappa shape index (κ1) is 19.4. The molecular formula is C24H26N2O3. The lowest BCUT2D eigenvalue weighted by atomic mass is 10.1. The predicted molar refractivity (Wildman–Crippen MR) is 114 cm³/mol. The van der Waals surface area contributed by atoms with E-state index in [0.29, 0.717) is 19.6 Å². The lowest BCUT2D eigenvalue weighted by molar-refractivity contribution is 0.0404. The van der Waals surface area contributed by atoms with Crippen LogP contribution in [0.4, 0.5) is 0 Å². The van der Waals surface area contributed by atoms with Gasteiger partial charge < -0.3 is 14.7 Å². The van der Waals surface area contributed by atoms with Crippen LogP contribution in [0.5, 0.6) is 5.75 Å². The van der Waals surface area contributed by atoms with Crippen molar-refractivity contribution in [3.8, 4) is 5.75 Å². The molecule has 5 heteroatoms. The zero-order valence-corrected chi connectivity index (χ0v) is 16.4. The predicted octanol–water partition coefficient (Wildman–Crippen LogP) is 3.04. The van der Waals surface area contributed by atoms with Crippen molar-refractivity contribution in [3.05, 3.63) is 78.4 Å². The Bertz CT molecular complexity index is 953. The van der Waals surface area contributed by atoms with Crippen molar-refractivity contribution in [2.24, 2.45) is 0 Å². The summed E-state index contributed by atoms with van der Waals surface area (Å²) in [5, 5.41) is 12.7. The van der Waals surface area contributed by atoms with Gasteiger partial charge in [0.15, 0.2) is 0 Å². The molecule has 0 saturated carbocycles. The summed E-state index contributed by atoms with van der Waals surface area (Å²) in [7, 11) is 0. The fourth-order valence-corrected chi connectivity index (χ4v) is 3.70. The first-order chi connectivity index (χ1) is 14.2. The molecule has 1 aliphatic rings. The number of benzene rings is 3. The van der Waals surface area contributed by atoms with Gasteiger partial charge in [-0.25, -0.2) is 0 Å². The number of piperazine rings is 1. The Morgan fingerprint density at radius 2 is 1.59 bits per heavy atom. The number of ether oxygens (including phenoxy) is 1. The van der Waals surface area contributed by atoms with Crippen LogP contribution in [0.2, 0.25) is 0 Å². The summed E-state index contributed by atoms with van der Waals surface area (Å²) in [6, 6.07) is 23.5. The molecule has 4 rings (SSSR count). The number of carbonyl (C=O) groups excluding carboxylic acids is 1. The van der Waals surface area contributed by atoms with Gasteiger partial charge in [0.1, 0.15) is 18.5 Å². The average molecular weight is 390 g/mol. The second-order valence-corrected chi connectivity index (χ2v) is 7.43. The van der Waals surface area contributed by atoms with Crippen molar-refractivity contribution in [1.29, 1.82) is 0 Å². The van der Waals surface area contributed by atoms with Crippen molar-refractivity contribution in [2.45, 2.75) is 6.10 Å². The maximum Gasteiger partial charge on any atom is 0.253 e. The molecule has 5 nitrogen and oxygen atoms in total. The minimum absolute atomic E-state index is 0.0745. The van der Waals surface area contributed by atoms with Crippen molar-refractivity contribution >= 4 is 16.7 Å². The van der Waals surface area contributed by atoms with Gasteiger partial charge in [-0.3, -0.25) is 9.69 Å². The Labute approximate surface area is 171 Å². The molecule has 1 fully saturated rings. The summed E-state index contributed by atoms with van der Waals surface area (Å²) < 4.78 is 5.79. The van der Waals surface area contributed by atoms with Gasteiger partial charge in [0, 0.05) is 38.3 Å². The van der Waals surface area contributed by atoms with E-state index in [-0.39, 0.29) is 12.5 Å². The van der Waals surface area contributed by atoms with Crippen molar-refractivity contribution in [2.75, 3.05) is 39.3 Å². The Kier molecular flexibility index (Phi) is 6.08. The van der Waals surface area contributed by atoms with Crippen LogP contribution in [0.1, 0.15) is 10.4 Å². The summed E-state index contributed by atoms with van der Waals surface area (Å²) >= 11 is 0.